The summed E-state index contributed by atoms with van der Waals surface area (Å²) in [4.78, 5) is 57.9. The molecular weight excluding hydrogens is 474 g/mol. The van der Waals surface area contributed by atoms with E-state index in [1.165, 1.54) is 0 Å². The third-order valence-electron chi connectivity index (χ3n) is 4.69. The summed E-state index contributed by atoms with van der Waals surface area (Å²) in [6.07, 6.45) is 0.0935. The van der Waals surface area contributed by atoms with Crippen LogP contribution in [0.25, 0.3) is 0 Å². The third kappa shape index (κ3) is 13.9. The maximum absolute atomic E-state index is 11.9. The fraction of sp³-hybridized carbons (Fsp3) is 0.522. The maximum Gasteiger partial charge on any atom is 0.326 e. The molecule has 0 unspecified atom stereocenters. The minimum absolute atomic E-state index is 0.0153. The molecule has 0 aliphatic carbocycles. The number of carbonyl (C=O) groups excluding carboxylic acids is 4. The average molecular weight is 510 g/mol. The van der Waals surface area contributed by atoms with Gasteiger partial charge in [-0.2, -0.15) is 0 Å². The summed E-state index contributed by atoms with van der Waals surface area (Å²) in [5.74, 6) is -2.54. The van der Waals surface area contributed by atoms with E-state index in [9.17, 15) is 24.0 Å². The first-order valence-corrected chi connectivity index (χ1v) is 11.6. The number of hydrogen-bond donors (Lipinski definition) is 6. The lowest BCUT2D eigenvalue weighted by Gasteiger charge is -2.13. The fourth-order valence-electron chi connectivity index (χ4n) is 2.73. The molecule has 0 radical (unpaired) electrons. The van der Waals surface area contributed by atoms with Crippen LogP contribution in [0.1, 0.15) is 36.5 Å². The zero-order chi connectivity index (χ0) is 26.8. The summed E-state index contributed by atoms with van der Waals surface area (Å²) in [6.45, 7) is 2.77. The van der Waals surface area contributed by atoms with E-state index < -0.39 is 17.9 Å². The molecule has 0 saturated carbocycles. The number of hydrogen-bond acceptors (Lipinski definition) is 8. The molecule has 0 saturated heterocycles. The number of nitrogen functional groups attached to an aromatic ring is 1. The van der Waals surface area contributed by atoms with Crippen molar-refractivity contribution < 1.29 is 38.6 Å². The van der Waals surface area contributed by atoms with Gasteiger partial charge in [0.15, 0.2) is 0 Å². The zero-order valence-electron chi connectivity index (χ0n) is 20.3. The van der Waals surface area contributed by atoms with Crippen LogP contribution in [0.5, 0.6) is 0 Å². The van der Waals surface area contributed by atoms with Gasteiger partial charge >= 0.3 is 5.97 Å². The predicted molar refractivity (Wildman–Crippen MR) is 130 cm³/mol. The minimum atomic E-state index is -1.19. The quantitative estimate of drug-likeness (QED) is 0.106. The Kier molecular flexibility index (Phi) is 14.9. The monoisotopic (exact) mass is 509 g/mol. The Morgan fingerprint density at radius 3 is 2.17 bits per heavy atom. The number of amides is 4. The Labute approximate surface area is 209 Å². The molecule has 0 fully saturated rings. The molecule has 0 spiro atoms. The van der Waals surface area contributed by atoms with Crippen molar-refractivity contribution in [2.24, 2.45) is 0 Å². The Hall–Kier alpha value is -3.71. The van der Waals surface area contributed by atoms with E-state index in [0.717, 1.165) is 0 Å². The lowest BCUT2D eigenvalue weighted by atomic mass is 10.1. The van der Waals surface area contributed by atoms with E-state index in [4.69, 9.17) is 20.3 Å². The average Bonchev–Trinajstić information content (AvgIpc) is 2.85. The number of carboxylic acids is 1. The molecule has 7 N–H and O–H groups in total. The highest BCUT2D eigenvalue weighted by atomic mass is 16.5. The van der Waals surface area contributed by atoms with Crippen LogP contribution in [0.4, 0.5) is 5.69 Å². The predicted octanol–water partition coefficient (Wildman–Crippen LogP) is -0.976. The molecule has 36 heavy (non-hydrogen) atoms. The van der Waals surface area contributed by atoms with E-state index >= 15 is 0 Å². The van der Waals surface area contributed by atoms with Crippen LogP contribution < -0.4 is 27.0 Å². The summed E-state index contributed by atoms with van der Waals surface area (Å²) >= 11 is 0. The number of aliphatic carboxylic acids is 1. The number of benzene rings is 1. The van der Waals surface area contributed by atoms with Crippen molar-refractivity contribution in [1.82, 2.24) is 21.3 Å². The van der Waals surface area contributed by atoms with E-state index in [-0.39, 0.29) is 83.0 Å². The minimum Gasteiger partial charge on any atom is -0.480 e. The molecule has 0 heterocycles. The van der Waals surface area contributed by atoms with Gasteiger partial charge in [-0.05, 0) is 30.7 Å². The Morgan fingerprint density at radius 1 is 0.861 bits per heavy atom. The van der Waals surface area contributed by atoms with Gasteiger partial charge in [-0.15, -0.1) is 0 Å². The van der Waals surface area contributed by atoms with Gasteiger partial charge in [-0.25, -0.2) is 4.79 Å². The smallest absolute Gasteiger partial charge is 0.326 e. The van der Waals surface area contributed by atoms with E-state index in [0.29, 0.717) is 11.3 Å². The second kappa shape index (κ2) is 17.7. The molecule has 0 aromatic heterocycles. The first kappa shape index (κ1) is 30.3. The summed E-state index contributed by atoms with van der Waals surface area (Å²) in [7, 11) is 0. The van der Waals surface area contributed by atoms with Gasteiger partial charge in [0.25, 0.3) is 5.91 Å². The molecule has 200 valence electrons. The number of nitrogens with two attached hydrogens (primary N) is 1. The highest BCUT2D eigenvalue weighted by Gasteiger charge is 2.20. The SMILES string of the molecule is CCC(=O)N[C@@H](CCC(=O)NCCOCCOCC(=O)NCCNC(=O)c1ccc(N)cc1)C(=O)O. The highest BCUT2D eigenvalue weighted by Crippen LogP contribution is 2.04. The van der Waals surface area contributed by atoms with Crippen molar-refractivity contribution in [3.8, 4) is 0 Å². The lowest BCUT2D eigenvalue weighted by molar-refractivity contribution is -0.142. The molecule has 0 aliphatic rings. The number of anilines is 1. The molecule has 0 bridgehead atoms. The number of carbonyl (C=O) groups is 5. The molecule has 1 rings (SSSR count). The van der Waals surface area contributed by atoms with Crippen molar-refractivity contribution in [2.75, 3.05) is 51.8 Å². The van der Waals surface area contributed by atoms with E-state index in [2.05, 4.69) is 21.3 Å². The number of ether oxygens (including phenoxy) is 2. The largest absolute Gasteiger partial charge is 0.480 e. The van der Waals surface area contributed by atoms with Gasteiger partial charge in [-0.3, -0.25) is 19.2 Å². The van der Waals surface area contributed by atoms with Crippen LogP contribution in [0.2, 0.25) is 0 Å². The molecule has 1 atom stereocenters. The highest BCUT2D eigenvalue weighted by molar-refractivity contribution is 5.94. The lowest BCUT2D eigenvalue weighted by Crippen LogP contribution is -2.41. The van der Waals surface area contributed by atoms with E-state index in [1.807, 2.05) is 0 Å². The summed E-state index contributed by atoms with van der Waals surface area (Å²) in [6, 6.07) is 5.37. The van der Waals surface area contributed by atoms with Crippen molar-refractivity contribution in [3.63, 3.8) is 0 Å². The normalized spacial score (nSPS) is 11.2. The van der Waals surface area contributed by atoms with Crippen LogP contribution in [0.15, 0.2) is 24.3 Å². The molecule has 13 heteroatoms. The topological polar surface area (TPSA) is 198 Å². The van der Waals surface area contributed by atoms with Gasteiger partial charge in [0.1, 0.15) is 12.6 Å². The van der Waals surface area contributed by atoms with Gasteiger partial charge < -0.3 is 41.6 Å². The third-order valence-corrected chi connectivity index (χ3v) is 4.69. The molecule has 13 nitrogen and oxygen atoms in total. The molecule has 1 aromatic carbocycles. The van der Waals surface area contributed by atoms with Gasteiger partial charge in [0.05, 0.1) is 19.8 Å². The summed E-state index contributed by atoms with van der Waals surface area (Å²) in [5.41, 5.74) is 6.61. The van der Waals surface area contributed by atoms with Gasteiger partial charge in [0.2, 0.25) is 17.7 Å². The maximum atomic E-state index is 11.9. The first-order chi connectivity index (χ1) is 17.2. The molecule has 4 amide bonds. The van der Waals surface area contributed by atoms with Gasteiger partial charge in [-0.1, -0.05) is 6.92 Å². The summed E-state index contributed by atoms with van der Waals surface area (Å²) in [5, 5.41) is 19.3. The number of nitrogens with one attached hydrogen (secondary N) is 4. The zero-order valence-corrected chi connectivity index (χ0v) is 20.3. The van der Waals surface area contributed by atoms with Gasteiger partial charge in [0, 0.05) is 43.7 Å². The number of carboxylic acid groups (broad SMARTS) is 1. The van der Waals surface area contributed by atoms with Crippen LogP contribution in [-0.2, 0) is 28.7 Å². The van der Waals surface area contributed by atoms with Crippen LogP contribution in [0.3, 0.4) is 0 Å². The Bertz CT molecular complexity index is 863. The fourth-order valence-corrected chi connectivity index (χ4v) is 2.73. The molecule has 1 aromatic rings. The van der Waals surface area contributed by atoms with Crippen molar-refractivity contribution in [3.05, 3.63) is 29.8 Å². The van der Waals surface area contributed by atoms with Crippen LogP contribution in [0, 0.1) is 0 Å². The number of rotatable bonds is 18. The van der Waals surface area contributed by atoms with Crippen molar-refractivity contribution in [2.45, 2.75) is 32.2 Å². The van der Waals surface area contributed by atoms with Crippen LogP contribution in [-0.4, -0.2) is 86.8 Å². The van der Waals surface area contributed by atoms with E-state index in [1.54, 1.807) is 31.2 Å². The summed E-state index contributed by atoms with van der Waals surface area (Å²) < 4.78 is 10.5. The first-order valence-electron chi connectivity index (χ1n) is 11.6. The standard InChI is InChI=1S/C23H35N5O8/c1-2-19(29)28-18(23(33)34)7-8-20(30)26-11-12-35-13-14-36-15-21(31)25-9-10-27-22(32)16-3-5-17(24)6-4-16/h3-6,18H,2,7-15,24H2,1H3,(H,25,31)(H,26,30)(H,27,32)(H,28,29)(H,33,34)/t18-/m0/s1. The van der Waals surface area contributed by atoms with Crippen molar-refractivity contribution in [1.29, 1.82) is 0 Å². The Morgan fingerprint density at radius 2 is 1.50 bits per heavy atom. The molecular formula is C23H35N5O8. The molecule has 0 aliphatic heterocycles. The van der Waals surface area contributed by atoms with Crippen molar-refractivity contribution >= 4 is 35.3 Å². The second-order valence-corrected chi connectivity index (χ2v) is 7.59. The van der Waals surface area contributed by atoms with Crippen LogP contribution >= 0.6 is 0 Å². The second-order valence-electron chi connectivity index (χ2n) is 7.59. The Balaban J connectivity index is 1.99.